The fourth-order valence-corrected chi connectivity index (χ4v) is 1.04. The molecular formula is C9H12N2O3. The van der Waals surface area contributed by atoms with E-state index >= 15 is 0 Å². The second-order valence-electron chi connectivity index (χ2n) is 3.08. The summed E-state index contributed by atoms with van der Waals surface area (Å²) < 4.78 is 0. The molecule has 4 N–H and O–H groups in total. The number of rotatable bonds is 3. The largest absolute Gasteiger partial charge is 0.478 e. The summed E-state index contributed by atoms with van der Waals surface area (Å²) in [6.45, 7) is 1.54. The number of carboxylic acid groups (broad SMARTS) is 1. The first kappa shape index (κ1) is 10.6. The fourth-order valence-electron chi connectivity index (χ4n) is 1.04. The zero-order chi connectivity index (χ0) is 10.7. The predicted molar refractivity (Wildman–Crippen MR) is 49.8 cm³/mol. The van der Waals surface area contributed by atoms with Crippen molar-refractivity contribution in [3.63, 3.8) is 0 Å². The van der Waals surface area contributed by atoms with Crippen LogP contribution in [0.2, 0.25) is 0 Å². The van der Waals surface area contributed by atoms with E-state index in [1.54, 1.807) is 0 Å². The van der Waals surface area contributed by atoms with E-state index in [0.717, 1.165) is 0 Å². The van der Waals surface area contributed by atoms with Crippen molar-refractivity contribution in [3.05, 3.63) is 29.6 Å². The molecule has 0 bridgehead atoms. The first-order valence-electron chi connectivity index (χ1n) is 4.14. The molecule has 14 heavy (non-hydrogen) atoms. The molecule has 76 valence electrons. The number of hydrogen-bond acceptors (Lipinski definition) is 4. The van der Waals surface area contributed by atoms with Gasteiger partial charge in [0.2, 0.25) is 0 Å². The van der Waals surface area contributed by atoms with Crippen molar-refractivity contribution in [2.45, 2.75) is 19.1 Å². The molecule has 0 aliphatic carbocycles. The zero-order valence-electron chi connectivity index (χ0n) is 7.71. The Morgan fingerprint density at radius 1 is 1.57 bits per heavy atom. The first-order valence-corrected chi connectivity index (χ1v) is 4.14. The van der Waals surface area contributed by atoms with Gasteiger partial charge >= 0.3 is 5.97 Å². The molecule has 0 aromatic carbocycles. The highest BCUT2D eigenvalue weighted by molar-refractivity contribution is 5.87. The molecule has 1 heterocycles. The van der Waals surface area contributed by atoms with E-state index < -0.39 is 18.1 Å². The summed E-state index contributed by atoms with van der Waals surface area (Å²) >= 11 is 0. The Balaban J connectivity index is 2.99. The van der Waals surface area contributed by atoms with Crippen molar-refractivity contribution in [3.8, 4) is 0 Å². The number of carbonyl (C=O) groups is 1. The lowest BCUT2D eigenvalue weighted by atomic mass is 10.0. The Labute approximate surface area is 81.2 Å². The number of aliphatic hydroxyl groups excluding tert-OH is 1. The van der Waals surface area contributed by atoms with E-state index in [2.05, 4.69) is 4.98 Å². The van der Waals surface area contributed by atoms with E-state index in [1.165, 1.54) is 25.4 Å². The Bertz CT molecular complexity index is 339. The maximum Gasteiger partial charge on any atom is 0.337 e. The van der Waals surface area contributed by atoms with Gasteiger partial charge in [-0.3, -0.25) is 4.98 Å². The van der Waals surface area contributed by atoms with Crippen LogP contribution in [0.25, 0.3) is 0 Å². The van der Waals surface area contributed by atoms with Crippen molar-refractivity contribution in [2.24, 2.45) is 5.73 Å². The highest BCUT2D eigenvalue weighted by Gasteiger charge is 2.14. The third-order valence-electron chi connectivity index (χ3n) is 1.91. The summed E-state index contributed by atoms with van der Waals surface area (Å²) in [7, 11) is 0. The summed E-state index contributed by atoms with van der Waals surface area (Å²) in [5, 5.41) is 17.9. The lowest BCUT2D eigenvalue weighted by Gasteiger charge is -2.14. The number of aromatic carboxylic acids is 1. The van der Waals surface area contributed by atoms with E-state index in [9.17, 15) is 9.90 Å². The number of hydrogen-bond donors (Lipinski definition) is 3. The van der Waals surface area contributed by atoms with Crippen LogP contribution in [-0.2, 0) is 0 Å². The Morgan fingerprint density at radius 2 is 2.21 bits per heavy atom. The van der Waals surface area contributed by atoms with Gasteiger partial charge in [0.15, 0.2) is 0 Å². The number of carboxylic acids is 1. The average Bonchev–Trinajstić information content (AvgIpc) is 2.16. The molecule has 2 atom stereocenters. The van der Waals surface area contributed by atoms with Crippen molar-refractivity contribution < 1.29 is 15.0 Å². The minimum atomic E-state index is -1.06. The van der Waals surface area contributed by atoms with Crippen LogP contribution in [0.1, 0.15) is 28.9 Å². The van der Waals surface area contributed by atoms with Crippen LogP contribution in [0, 0.1) is 0 Å². The third kappa shape index (κ3) is 2.27. The van der Waals surface area contributed by atoms with Gasteiger partial charge in [0, 0.05) is 12.4 Å². The van der Waals surface area contributed by atoms with Gasteiger partial charge < -0.3 is 15.9 Å². The first-order chi connectivity index (χ1) is 6.52. The van der Waals surface area contributed by atoms with E-state index in [-0.39, 0.29) is 5.56 Å². The van der Waals surface area contributed by atoms with Crippen molar-refractivity contribution in [1.29, 1.82) is 0 Å². The molecule has 0 saturated heterocycles. The minimum absolute atomic E-state index is 0.0681. The second-order valence-corrected chi connectivity index (χ2v) is 3.08. The zero-order valence-corrected chi connectivity index (χ0v) is 7.71. The van der Waals surface area contributed by atoms with Crippen molar-refractivity contribution in [2.75, 3.05) is 0 Å². The molecule has 0 spiro atoms. The summed E-state index contributed by atoms with van der Waals surface area (Å²) in [5.74, 6) is -1.06. The average molecular weight is 196 g/mol. The van der Waals surface area contributed by atoms with E-state index in [4.69, 9.17) is 10.8 Å². The van der Waals surface area contributed by atoms with Crippen LogP contribution < -0.4 is 5.73 Å². The highest BCUT2D eigenvalue weighted by atomic mass is 16.4. The number of aliphatic hydroxyl groups is 1. The molecule has 0 aliphatic heterocycles. The molecule has 0 unspecified atom stereocenters. The topological polar surface area (TPSA) is 96.4 Å². The molecule has 1 aromatic heterocycles. The second kappa shape index (κ2) is 4.17. The Kier molecular flexibility index (Phi) is 3.16. The van der Waals surface area contributed by atoms with E-state index in [0.29, 0.717) is 5.56 Å². The lowest BCUT2D eigenvalue weighted by molar-refractivity contribution is 0.0696. The molecule has 0 saturated carbocycles. The van der Waals surface area contributed by atoms with Gasteiger partial charge in [-0.05, 0) is 18.6 Å². The van der Waals surface area contributed by atoms with Gasteiger partial charge in [0.25, 0.3) is 0 Å². The Hall–Kier alpha value is -1.46. The summed E-state index contributed by atoms with van der Waals surface area (Å²) in [6, 6.07) is 0.800. The van der Waals surface area contributed by atoms with Crippen LogP contribution >= 0.6 is 0 Å². The smallest absolute Gasteiger partial charge is 0.337 e. The van der Waals surface area contributed by atoms with Crippen molar-refractivity contribution in [1.82, 2.24) is 4.98 Å². The van der Waals surface area contributed by atoms with Gasteiger partial charge in [-0.1, -0.05) is 0 Å². The minimum Gasteiger partial charge on any atom is -0.478 e. The lowest BCUT2D eigenvalue weighted by Crippen LogP contribution is -2.23. The molecule has 0 aliphatic rings. The van der Waals surface area contributed by atoms with Gasteiger partial charge in [-0.15, -0.1) is 0 Å². The SMILES string of the molecule is C[C@H](O)[C@@H](N)c1cncc(C(=O)O)c1. The highest BCUT2D eigenvalue weighted by Crippen LogP contribution is 2.14. The molecule has 1 rings (SSSR count). The number of nitrogens with zero attached hydrogens (tertiary/aromatic N) is 1. The van der Waals surface area contributed by atoms with E-state index in [1.807, 2.05) is 0 Å². The Morgan fingerprint density at radius 3 is 2.71 bits per heavy atom. The normalized spacial score (nSPS) is 14.8. The third-order valence-corrected chi connectivity index (χ3v) is 1.91. The van der Waals surface area contributed by atoms with Gasteiger partial charge in [0.05, 0.1) is 17.7 Å². The summed E-state index contributed by atoms with van der Waals surface area (Å²) in [4.78, 5) is 14.3. The quantitative estimate of drug-likeness (QED) is 0.639. The van der Waals surface area contributed by atoms with Crippen LogP contribution in [0.5, 0.6) is 0 Å². The van der Waals surface area contributed by atoms with Gasteiger partial charge in [-0.2, -0.15) is 0 Å². The predicted octanol–water partition coefficient (Wildman–Crippen LogP) is 0.160. The maximum atomic E-state index is 10.6. The number of pyridine rings is 1. The molecule has 0 radical (unpaired) electrons. The molecule has 0 fully saturated rings. The number of nitrogens with two attached hydrogens (primary N) is 1. The summed E-state index contributed by atoms with van der Waals surface area (Å²) in [6.07, 6.45) is 1.95. The van der Waals surface area contributed by atoms with Crippen LogP contribution in [-0.4, -0.2) is 27.3 Å². The van der Waals surface area contributed by atoms with Crippen LogP contribution in [0.4, 0.5) is 0 Å². The molecular weight excluding hydrogens is 184 g/mol. The van der Waals surface area contributed by atoms with Gasteiger partial charge in [-0.25, -0.2) is 4.79 Å². The van der Waals surface area contributed by atoms with Crippen LogP contribution in [0.15, 0.2) is 18.5 Å². The fraction of sp³-hybridized carbons (Fsp3) is 0.333. The molecule has 5 nitrogen and oxygen atoms in total. The molecule has 1 aromatic rings. The maximum absolute atomic E-state index is 10.6. The van der Waals surface area contributed by atoms with Crippen LogP contribution in [0.3, 0.4) is 0 Å². The number of aromatic nitrogens is 1. The monoisotopic (exact) mass is 196 g/mol. The standard InChI is InChI=1S/C9H12N2O3/c1-5(12)8(10)6-2-7(9(13)14)4-11-3-6/h2-5,8,12H,10H2,1H3,(H,13,14)/t5-,8+/m0/s1. The van der Waals surface area contributed by atoms with Gasteiger partial charge in [0.1, 0.15) is 0 Å². The molecule has 5 heteroatoms. The summed E-state index contributed by atoms with van der Waals surface area (Å²) in [5.41, 5.74) is 6.21. The molecule has 0 amide bonds. The van der Waals surface area contributed by atoms with Crippen molar-refractivity contribution >= 4 is 5.97 Å².